The predicted octanol–water partition coefficient (Wildman–Crippen LogP) is 1.92. The van der Waals surface area contributed by atoms with Gasteiger partial charge in [0.1, 0.15) is 5.82 Å². The summed E-state index contributed by atoms with van der Waals surface area (Å²) in [5.74, 6) is 1.01. The summed E-state index contributed by atoms with van der Waals surface area (Å²) < 4.78 is 2.20. The number of aliphatic hydroxyl groups is 1. The van der Waals surface area contributed by atoms with E-state index in [0.717, 1.165) is 17.9 Å². The number of fused-ring (bicyclic) bond motifs is 1. The molecule has 0 amide bonds. The molecule has 0 fully saturated rings. The van der Waals surface area contributed by atoms with Gasteiger partial charge in [-0.2, -0.15) is 0 Å². The second-order valence-electron chi connectivity index (χ2n) is 5.16. The molecule has 2 rings (SSSR count). The van der Waals surface area contributed by atoms with E-state index < -0.39 is 0 Å². The lowest BCUT2D eigenvalue weighted by Crippen LogP contribution is -2.42. The van der Waals surface area contributed by atoms with Crippen molar-refractivity contribution >= 4 is 11.0 Å². The lowest BCUT2D eigenvalue weighted by Gasteiger charge is -2.23. The average molecular weight is 247 g/mol. The quantitative estimate of drug-likeness (QED) is 0.848. The van der Waals surface area contributed by atoms with E-state index in [1.54, 1.807) is 0 Å². The molecule has 1 aromatic heterocycles. The summed E-state index contributed by atoms with van der Waals surface area (Å²) >= 11 is 0. The summed E-state index contributed by atoms with van der Waals surface area (Å²) in [5, 5.41) is 12.6. The third-order valence-corrected chi connectivity index (χ3v) is 3.17. The van der Waals surface area contributed by atoms with Crippen molar-refractivity contribution in [3.05, 3.63) is 30.1 Å². The first-order valence-electron chi connectivity index (χ1n) is 6.37. The maximum atomic E-state index is 9.25. The minimum absolute atomic E-state index is 0.110. The van der Waals surface area contributed by atoms with E-state index in [1.165, 1.54) is 5.52 Å². The van der Waals surface area contributed by atoms with Crippen LogP contribution in [0.1, 0.15) is 26.6 Å². The fraction of sp³-hybridized carbons (Fsp3) is 0.500. The van der Waals surface area contributed by atoms with Gasteiger partial charge in [0.05, 0.1) is 24.2 Å². The molecule has 0 saturated heterocycles. The van der Waals surface area contributed by atoms with E-state index >= 15 is 0 Å². The number of aryl methyl sites for hydroxylation is 1. The Kier molecular flexibility index (Phi) is 3.68. The Hall–Kier alpha value is -1.39. The number of benzene rings is 1. The molecule has 0 aliphatic rings. The maximum absolute atomic E-state index is 9.25. The highest BCUT2D eigenvalue weighted by Crippen LogP contribution is 2.16. The van der Waals surface area contributed by atoms with Crippen molar-refractivity contribution in [1.29, 1.82) is 0 Å². The van der Waals surface area contributed by atoms with Crippen LogP contribution in [-0.2, 0) is 13.1 Å². The first-order chi connectivity index (χ1) is 8.57. The van der Waals surface area contributed by atoms with Crippen LogP contribution in [0.15, 0.2) is 24.3 Å². The summed E-state index contributed by atoms with van der Waals surface area (Å²) in [4.78, 5) is 4.64. The highest BCUT2D eigenvalue weighted by atomic mass is 16.3. The Bertz CT molecular complexity index is 531. The van der Waals surface area contributed by atoms with Gasteiger partial charge in [-0.05, 0) is 32.9 Å². The third-order valence-electron chi connectivity index (χ3n) is 3.17. The second-order valence-corrected chi connectivity index (χ2v) is 5.16. The van der Waals surface area contributed by atoms with Gasteiger partial charge in [-0.15, -0.1) is 0 Å². The normalized spacial score (nSPS) is 12.2. The van der Waals surface area contributed by atoms with Gasteiger partial charge in [-0.25, -0.2) is 4.98 Å². The Labute approximate surface area is 108 Å². The highest BCUT2D eigenvalue weighted by Gasteiger charge is 2.17. The van der Waals surface area contributed by atoms with Crippen LogP contribution in [0, 0.1) is 0 Å². The van der Waals surface area contributed by atoms with E-state index in [4.69, 9.17) is 0 Å². The van der Waals surface area contributed by atoms with Gasteiger partial charge < -0.3 is 15.0 Å². The van der Waals surface area contributed by atoms with Gasteiger partial charge in [0, 0.05) is 12.1 Å². The molecule has 0 aliphatic heterocycles. The minimum Gasteiger partial charge on any atom is -0.394 e. The van der Waals surface area contributed by atoms with E-state index in [9.17, 15) is 5.11 Å². The van der Waals surface area contributed by atoms with Crippen LogP contribution in [0.4, 0.5) is 0 Å². The van der Waals surface area contributed by atoms with Crippen LogP contribution < -0.4 is 5.32 Å². The Morgan fingerprint density at radius 3 is 2.72 bits per heavy atom. The molecule has 2 aromatic rings. The first-order valence-corrected chi connectivity index (χ1v) is 6.37. The molecule has 0 bridgehead atoms. The second kappa shape index (κ2) is 5.08. The number of nitrogens with zero attached hydrogens (tertiary/aromatic N) is 2. The van der Waals surface area contributed by atoms with Crippen molar-refractivity contribution in [1.82, 2.24) is 14.9 Å². The largest absolute Gasteiger partial charge is 0.394 e. The number of para-hydroxylation sites is 2. The third kappa shape index (κ3) is 2.54. The van der Waals surface area contributed by atoms with Crippen LogP contribution in [0.2, 0.25) is 0 Å². The number of aliphatic hydroxyl groups excluding tert-OH is 1. The number of imidazole rings is 1. The Balaban J connectivity index is 2.28. The van der Waals surface area contributed by atoms with Gasteiger partial charge in [-0.3, -0.25) is 0 Å². The fourth-order valence-corrected chi connectivity index (χ4v) is 1.99. The van der Waals surface area contributed by atoms with Gasteiger partial charge in [-0.1, -0.05) is 12.1 Å². The average Bonchev–Trinajstić information content (AvgIpc) is 2.74. The summed E-state index contributed by atoms with van der Waals surface area (Å²) in [6, 6.07) is 8.16. The molecule has 0 atom stereocenters. The van der Waals surface area contributed by atoms with Crippen molar-refractivity contribution < 1.29 is 5.11 Å². The van der Waals surface area contributed by atoms with Crippen LogP contribution in [0.3, 0.4) is 0 Å². The van der Waals surface area contributed by atoms with Crippen LogP contribution >= 0.6 is 0 Å². The molecule has 0 radical (unpaired) electrons. The summed E-state index contributed by atoms with van der Waals surface area (Å²) in [6.07, 6.45) is 0. The van der Waals surface area contributed by atoms with Crippen molar-refractivity contribution in [2.75, 3.05) is 6.61 Å². The number of rotatable bonds is 5. The monoisotopic (exact) mass is 247 g/mol. The molecule has 0 spiro atoms. The molecule has 4 heteroatoms. The zero-order valence-corrected chi connectivity index (χ0v) is 11.3. The van der Waals surface area contributed by atoms with Crippen LogP contribution in [0.5, 0.6) is 0 Å². The summed E-state index contributed by atoms with van der Waals surface area (Å²) in [5.41, 5.74) is 1.91. The van der Waals surface area contributed by atoms with Crippen molar-refractivity contribution in [2.45, 2.75) is 39.4 Å². The number of nitrogens with one attached hydrogen (secondary N) is 1. The standard InChI is InChI=1S/C14H21N3O/c1-4-17-12-8-6-5-7-11(12)16-13(17)9-15-14(2,3)10-18/h5-8,15,18H,4,9-10H2,1-3H3. The van der Waals surface area contributed by atoms with Crippen molar-refractivity contribution in [3.8, 4) is 0 Å². The molecular weight excluding hydrogens is 226 g/mol. The Morgan fingerprint density at radius 2 is 2.06 bits per heavy atom. The van der Waals surface area contributed by atoms with E-state index in [2.05, 4.69) is 27.9 Å². The van der Waals surface area contributed by atoms with E-state index in [1.807, 2.05) is 32.0 Å². The molecular formula is C14H21N3O. The molecule has 18 heavy (non-hydrogen) atoms. The molecule has 1 heterocycles. The SMILES string of the molecule is CCn1c(CNC(C)(C)CO)nc2ccccc21. The van der Waals surface area contributed by atoms with Gasteiger partial charge in [0.2, 0.25) is 0 Å². The number of hydrogen-bond donors (Lipinski definition) is 2. The fourth-order valence-electron chi connectivity index (χ4n) is 1.99. The smallest absolute Gasteiger partial charge is 0.123 e. The van der Waals surface area contributed by atoms with Crippen LogP contribution in [0.25, 0.3) is 11.0 Å². The lowest BCUT2D eigenvalue weighted by molar-refractivity contribution is 0.186. The van der Waals surface area contributed by atoms with E-state index in [0.29, 0.717) is 6.54 Å². The molecule has 0 aliphatic carbocycles. The topological polar surface area (TPSA) is 50.1 Å². The molecule has 1 aromatic carbocycles. The zero-order valence-electron chi connectivity index (χ0n) is 11.3. The van der Waals surface area contributed by atoms with Gasteiger partial charge in [0.25, 0.3) is 0 Å². The minimum atomic E-state index is -0.281. The summed E-state index contributed by atoms with van der Waals surface area (Å²) in [7, 11) is 0. The number of aromatic nitrogens is 2. The lowest BCUT2D eigenvalue weighted by atomic mass is 10.1. The number of hydrogen-bond acceptors (Lipinski definition) is 3. The molecule has 98 valence electrons. The maximum Gasteiger partial charge on any atom is 0.123 e. The van der Waals surface area contributed by atoms with Gasteiger partial charge in [0.15, 0.2) is 0 Å². The molecule has 2 N–H and O–H groups in total. The Morgan fingerprint density at radius 1 is 1.33 bits per heavy atom. The van der Waals surface area contributed by atoms with Crippen molar-refractivity contribution in [3.63, 3.8) is 0 Å². The molecule has 0 saturated carbocycles. The zero-order chi connectivity index (χ0) is 13.2. The summed E-state index contributed by atoms with van der Waals surface area (Å²) in [6.45, 7) is 7.75. The van der Waals surface area contributed by atoms with E-state index in [-0.39, 0.29) is 12.1 Å². The highest BCUT2D eigenvalue weighted by molar-refractivity contribution is 5.75. The predicted molar refractivity (Wildman–Crippen MR) is 73.4 cm³/mol. The molecule has 0 unspecified atom stereocenters. The first kappa shape index (κ1) is 13.1. The van der Waals surface area contributed by atoms with Crippen molar-refractivity contribution in [2.24, 2.45) is 0 Å². The molecule has 4 nitrogen and oxygen atoms in total. The van der Waals surface area contributed by atoms with Gasteiger partial charge >= 0.3 is 0 Å². The van der Waals surface area contributed by atoms with Crippen LogP contribution in [-0.4, -0.2) is 26.8 Å².